The smallest absolute Gasteiger partial charge is 0.264 e. The average molecular weight is 506 g/mol. The minimum Gasteiger partial charge on any atom is -0.372 e. The number of aryl methyl sites for hydroxylation is 2. The van der Waals surface area contributed by atoms with Gasteiger partial charge in [-0.1, -0.05) is 48.0 Å². The highest BCUT2D eigenvalue weighted by Gasteiger charge is 2.28. The first kappa shape index (κ1) is 25.8. The lowest BCUT2D eigenvalue weighted by Gasteiger charge is -2.29. The molecule has 0 radical (unpaired) electrons. The van der Waals surface area contributed by atoms with Crippen LogP contribution < -0.4 is 14.5 Å². The lowest BCUT2D eigenvalue weighted by Crippen LogP contribution is -2.42. The van der Waals surface area contributed by atoms with E-state index in [0.29, 0.717) is 5.69 Å². The van der Waals surface area contributed by atoms with E-state index in [9.17, 15) is 13.2 Å². The zero-order valence-electron chi connectivity index (χ0n) is 21.3. The predicted octanol–water partition coefficient (Wildman–Crippen LogP) is 5.37. The minimum absolute atomic E-state index is 0.152. The summed E-state index contributed by atoms with van der Waals surface area (Å²) in [5, 5.41) is 2.99. The van der Waals surface area contributed by atoms with Crippen molar-refractivity contribution in [2.75, 3.05) is 28.8 Å². The molecule has 190 valence electrons. The maximum absolute atomic E-state index is 13.6. The summed E-state index contributed by atoms with van der Waals surface area (Å²) in [6, 6.07) is 21.8. The van der Waals surface area contributed by atoms with Gasteiger partial charge in [-0.05, 0) is 81.5 Å². The van der Waals surface area contributed by atoms with E-state index in [4.69, 9.17) is 0 Å². The van der Waals surface area contributed by atoms with Gasteiger partial charge in [0.15, 0.2) is 0 Å². The second-order valence-corrected chi connectivity index (χ2v) is 11.4. The van der Waals surface area contributed by atoms with Crippen LogP contribution in [0.4, 0.5) is 11.4 Å². The normalized spacial score (nSPS) is 14.8. The number of anilines is 2. The van der Waals surface area contributed by atoms with Crippen molar-refractivity contribution in [3.63, 3.8) is 0 Å². The number of piperidine rings is 1. The van der Waals surface area contributed by atoms with E-state index in [2.05, 4.69) is 22.3 Å². The van der Waals surface area contributed by atoms with Crippen molar-refractivity contribution < 1.29 is 13.2 Å². The molecule has 4 rings (SSSR count). The molecule has 1 amide bonds. The molecule has 0 aliphatic carbocycles. The topological polar surface area (TPSA) is 69.7 Å². The Kier molecular flexibility index (Phi) is 7.99. The Bertz CT molecular complexity index is 1290. The fourth-order valence-electron chi connectivity index (χ4n) is 4.73. The van der Waals surface area contributed by atoms with Gasteiger partial charge in [-0.15, -0.1) is 0 Å². The SMILES string of the molecule is Cc1ccc(N(CC(=O)NC(C)c2ccc(N3CCCCC3)cc2)S(=O)(=O)c2ccccc2)c(C)c1. The molecule has 1 atom stereocenters. The monoisotopic (exact) mass is 505 g/mol. The fourth-order valence-corrected chi connectivity index (χ4v) is 6.24. The van der Waals surface area contributed by atoms with E-state index in [1.54, 1.807) is 36.4 Å². The molecule has 36 heavy (non-hydrogen) atoms. The number of carbonyl (C=O) groups is 1. The van der Waals surface area contributed by atoms with Crippen molar-refractivity contribution >= 4 is 27.3 Å². The summed E-state index contributed by atoms with van der Waals surface area (Å²) in [6.07, 6.45) is 3.73. The van der Waals surface area contributed by atoms with Crippen LogP contribution in [0.15, 0.2) is 77.7 Å². The zero-order chi connectivity index (χ0) is 25.7. The molecule has 1 heterocycles. The van der Waals surface area contributed by atoms with Crippen molar-refractivity contribution in [2.45, 2.75) is 51.0 Å². The van der Waals surface area contributed by atoms with Gasteiger partial charge in [-0.25, -0.2) is 8.42 Å². The maximum atomic E-state index is 13.6. The summed E-state index contributed by atoms with van der Waals surface area (Å²) in [5.41, 5.74) is 4.50. The van der Waals surface area contributed by atoms with Crippen molar-refractivity contribution in [2.24, 2.45) is 0 Å². The van der Waals surface area contributed by atoms with Crippen LogP contribution >= 0.6 is 0 Å². The molecule has 1 unspecified atom stereocenters. The minimum atomic E-state index is -3.94. The van der Waals surface area contributed by atoms with Crippen LogP contribution in [0.5, 0.6) is 0 Å². The molecule has 0 spiro atoms. The number of hydrogen-bond donors (Lipinski definition) is 1. The van der Waals surface area contributed by atoms with Crippen LogP contribution in [0.25, 0.3) is 0 Å². The summed E-state index contributed by atoms with van der Waals surface area (Å²) in [5.74, 6) is -0.359. The lowest BCUT2D eigenvalue weighted by atomic mass is 10.1. The number of sulfonamides is 1. The zero-order valence-corrected chi connectivity index (χ0v) is 22.1. The standard InChI is InChI=1S/C29H35N3O3S/c1-22-12-17-28(23(2)20-22)32(36(34,35)27-10-6-4-7-11-27)21-29(33)30-24(3)25-13-15-26(16-14-25)31-18-8-5-9-19-31/h4,6-7,10-17,20,24H,5,8-9,18-19,21H2,1-3H3,(H,30,33). The van der Waals surface area contributed by atoms with Crippen LogP contribution in [0.1, 0.15) is 48.9 Å². The summed E-state index contributed by atoms with van der Waals surface area (Å²) in [4.78, 5) is 15.7. The first-order valence-corrected chi connectivity index (χ1v) is 14.0. The third-order valence-electron chi connectivity index (χ3n) is 6.73. The average Bonchev–Trinajstić information content (AvgIpc) is 2.89. The number of nitrogens with zero attached hydrogens (tertiary/aromatic N) is 2. The largest absolute Gasteiger partial charge is 0.372 e. The Hall–Kier alpha value is -3.32. The molecule has 0 aromatic heterocycles. The molecular formula is C29H35N3O3S. The molecule has 0 bridgehead atoms. The molecular weight excluding hydrogens is 470 g/mol. The first-order chi connectivity index (χ1) is 17.3. The van der Waals surface area contributed by atoms with Gasteiger partial charge in [-0.3, -0.25) is 9.10 Å². The van der Waals surface area contributed by atoms with Crippen LogP contribution in [0, 0.1) is 13.8 Å². The predicted molar refractivity (Wildman–Crippen MR) is 146 cm³/mol. The van der Waals surface area contributed by atoms with Gasteiger partial charge in [-0.2, -0.15) is 0 Å². The molecule has 1 fully saturated rings. The van der Waals surface area contributed by atoms with Gasteiger partial charge in [0.1, 0.15) is 6.54 Å². The van der Waals surface area contributed by atoms with E-state index in [0.717, 1.165) is 29.8 Å². The van der Waals surface area contributed by atoms with Crippen LogP contribution in [0.2, 0.25) is 0 Å². The van der Waals surface area contributed by atoms with Gasteiger partial charge in [0.25, 0.3) is 10.0 Å². The number of hydrogen-bond acceptors (Lipinski definition) is 4. The Morgan fingerprint density at radius 3 is 2.25 bits per heavy atom. The number of rotatable bonds is 8. The molecule has 1 aliphatic rings. The molecule has 3 aromatic rings. The van der Waals surface area contributed by atoms with Crippen molar-refractivity contribution in [1.82, 2.24) is 5.32 Å². The molecule has 1 aliphatic heterocycles. The molecule has 6 nitrogen and oxygen atoms in total. The van der Waals surface area contributed by atoms with Gasteiger partial charge in [0.2, 0.25) is 5.91 Å². The van der Waals surface area contributed by atoms with Gasteiger partial charge < -0.3 is 10.2 Å². The maximum Gasteiger partial charge on any atom is 0.264 e. The Labute approximate surface area is 215 Å². The van der Waals surface area contributed by atoms with E-state index in [-0.39, 0.29) is 23.4 Å². The number of amides is 1. The van der Waals surface area contributed by atoms with Crippen LogP contribution in [0.3, 0.4) is 0 Å². The van der Waals surface area contributed by atoms with Crippen molar-refractivity contribution in [1.29, 1.82) is 0 Å². The molecule has 1 saturated heterocycles. The first-order valence-electron chi connectivity index (χ1n) is 12.5. The van der Waals surface area contributed by atoms with E-state index < -0.39 is 10.0 Å². The number of carbonyl (C=O) groups excluding carboxylic acids is 1. The van der Waals surface area contributed by atoms with Crippen molar-refractivity contribution in [3.8, 4) is 0 Å². The molecule has 7 heteroatoms. The molecule has 0 saturated carbocycles. The number of nitrogens with one attached hydrogen (secondary N) is 1. The highest BCUT2D eigenvalue weighted by atomic mass is 32.2. The van der Waals surface area contributed by atoms with Gasteiger partial charge in [0, 0.05) is 18.8 Å². The third kappa shape index (κ3) is 5.90. The van der Waals surface area contributed by atoms with E-state index in [1.807, 2.05) is 45.0 Å². The Balaban J connectivity index is 1.52. The van der Waals surface area contributed by atoms with Crippen molar-refractivity contribution in [3.05, 3.63) is 89.5 Å². The van der Waals surface area contributed by atoms with Gasteiger partial charge in [0.05, 0.1) is 16.6 Å². The Morgan fingerprint density at radius 1 is 0.944 bits per heavy atom. The number of benzene rings is 3. The highest BCUT2D eigenvalue weighted by molar-refractivity contribution is 7.92. The molecule has 1 N–H and O–H groups in total. The third-order valence-corrected chi connectivity index (χ3v) is 8.51. The molecule has 3 aromatic carbocycles. The summed E-state index contributed by atoms with van der Waals surface area (Å²) < 4.78 is 28.4. The summed E-state index contributed by atoms with van der Waals surface area (Å²) in [7, 11) is -3.94. The van der Waals surface area contributed by atoms with Crippen LogP contribution in [-0.2, 0) is 14.8 Å². The van der Waals surface area contributed by atoms with Gasteiger partial charge >= 0.3 is 0 Å². The van der Waals surface area contributed by atoms with E-state index >= 15 is 0 Å². The Morgan fingerprint density at radius 2 is 1.61 bits per heavy atom. The summed E-state index contributed by atoms with van der Waals surface area (Å²) >= 11 is 0. The second-order valence-electron chi connectivity index (χ2n) is 9.54. The summed E-state index contributed by atoms with van der Waals surface area (Å²) in [6.45, 7) is 7.59. The fraction of sp³-hybridized carbons (Fsp3) is 0.345. The quantitative estimate of drug-likeness (QED) is 0.447. The second kappa shape index (κ2) is 11.2. The van der Waals surface area contributed by atoms with Crippen LogP contribution in [-0.4, -0.2) is 34.0 Å². The van der Waals surface area contributed by atoms with E-state index in [1.165, 1.54) is 29.3 Å². The lowest BCUT2D eigenvalue weighted by molar-refractivity contribution is -0.120. The highest BCUT2D eigenvalue weighted by Crippen LogP contribution is 2.28.